The fraction of sp³-hybridized carbons (Fsp3) is 0.636. The molecular formula is C11H19N3O3. The third-order valence-electron chi connectivity index (χ3n) is 2.92. The summed E-state index contributed by atoms with van der Waals surface area (Å²) >= 11 is 0. The molecule has 3 N–H and O–H groups in total. The van der Waals surface area contributed by atoms with Crippen molar-refractivity contribution in [1.29, 1.82) is 0 Å². The molecule has 1 aliphatic heterocycles. The summed E-state index contributed by atoms with van der Waals surface area (Å²) in [5, 5.41) is 2.54. The highest BCUT2D eigenvalue weighted by molar-refractivity contribution is 5.86. The van der Waals surface area contributed by atoms with Crippen LogP contribution in [0.2, 0.25) is 0 Å². The molecule has 0 spiro atoms. The summed E-state index contributed by atoms with van der Waals surface area (Å²) in [6.45, 7) is 4.52. The molecule has 1 aliphatic rings. The molecule has 17 heavy (non-hydrogen) atoms. The van der Waals surface area contributed by atoms with Gasteiger partial charge in [0.05, 0.1) is 5.54 Å². The smallest absolute Gasteiger partial charge is 0.410 e. The molecule has 6 nitrogen and oxygen atoms in total. The highest BCUT2D eigenvalue weighted by Gasteiger charge is 2.38. The van der Waals surface area contributed by atoms with Gasteiger partial charge in [-0.25, -0.2) is 4.79 Å². The number of carbonyl (C=O) groups is 2. The van der Waals surface area contributed by atoms with Crippen molar-refractivity contribution < 1.29 is 14.3 Å². The lowest BCUT2D eigenvalue weighted by molar-refractivity contribution is -0.127. The van der Waals surface area contributed by atoms with Gasteiger partial charge in [0.1, 0.15) is 6.61 Å². The minimum absolute atomic E-state index is 0.184. The summed E-state index contributed by atoms with van der Waals surface area (Å²) in [5.41, 5.74) is 5.10. The predicted octanol–water partition coefficient (Wildman–Crippen LogP) is -0.152. The zero-order valence-electron chi connectivity index (χ0n) is 10.1. The van der Waals surface area contributed by atoms with E-state index in [1.165, 1.54) is 6.08 Å². The van der Waals surface area contributed by atoms with Gasteiger partial charge >= 0.3 is 6.09 Å². The van der Waals surface area contributed by atoms with Crippen LogP contribution in [0.5, 0.6) is 0 Å². The number of likely N-dealkylation sites (N-methyl/N-ethyl adjacent to an activating group) is 1. The Kier molecular flexibility index (Phi) is 4.51. The van der Waals surface area contributed by atoms with Crippen molar-refractivity contribution in [3.05, 3.63) is 12.7 Å². The highest BCUT2D eigenvalue weighted by atomic mass is 16.6. The summed E-state index contributed by atoms with van der Waals surface area (Å²) < 4.78 is 4.91. The molecule has 0 unspecified atom stereocenters. The lowest BCUT2D eigenvalue weighted by Gasteiger charge is -2.37. The molecule has 96 valence electrons. The number of piperidine rings is 1. The van der Waals surface area contributed by atoms with Crippen LogP contribution in [0.1, 0.15) is 12.8 Å². The zero-order valence-corrected chi connectivity index (χ0v) is 10.1. The zero-order chi connectivity index (χ0) is 12.9. The lowest BCUT2D eigenvalue weighted by Crippen LogP contribution is -2.59. The fourth-order valence-corrected chi connectivity index (χ4v) is 1.79. The molecule has 0 aromatic heterocycles. The van der Waals surface area contributed by atoms with E-state index in [-0.39, 0.29) is 18.6 Å². The number of carbonyl (C=O) groups excluding carboxylic acids is 2. The Bertz CT molecular complexity index is 309. The maximum atomic E-state index is 11.6. The summed E-state index contributed by atoms with van der Waals surface area (Å²) in [6.07, 6.45) is 2.01. The van der Waals surface area contributed by atoms with Gasteiger partial charge in [-0.3, -0.25) is 4.79 Å². The van der Waals surface area contributed by atoms with E-state index < -0.39 is 5.54 Å². The van der Waals surface area contributed by atoms with E-state index in [0.29, 0.717) is 25.9 Å². The van der Waals surface area contributed by atoms with Crippen LogP contribution in [0.15, 0.2) is 12.7 Å². The number of ether oxygens (including phenoxy) is 1. The molecule has 0 radical (unpaired) electrons. The number of nitrogens with two attached hydrogens (primary N) is 1. The summed E-state index contributed by atoms with van der Waals surface area (Å²) in [7, 11) is 1.56. The lowest BCUT2D eigenvalue weighted by atomic mass is 9.88. The largest absolute Gasteiger partial charge is 0.445 e. The van der Waals surface area contributed by atoms with Crippen LogP contribution in [0.3, 0.4) is 0 Å². The number of likely N-dealkylation sites (tertiary alicyclic amines) is 1. The Labute approximate surface area is 101 Å². The van der Waals surface area contributed by atoms with Crippen molar-refractivity contribution in [1.82, 2.24) is 10.2 Å². The van der Waals surface area contributed by atoms with Crippen molar-refractivity contribution in [3.8, 4) is 0 Å². The van der Waals surface area contributed by atoms with Gasteiger partial charge in [-0.05, 0) is 12.8 Å². The normalized spacial score (nSPS) is 18.4. The molecule has 0 saturated carbocycles. The van der Waals surface area contributed by atoms with Gasteiger partial charge in [-0.15, -0.1) is 0 Å². The van der Waals surface area contributed by atoms with E-state index in [4.69, 9.17) is 10.5 Å². The summed E-state index contributed by atoms with van der Waals surface area (Å²) in [5.74, 6) is -0.184. The molecule has 2 amide bonds. The number of nitrogens with one attached hydrogen (secondary N) is 1. The third-order valence-corrected chi connectivity index (χ3v) is 2.92. The first kappa shape index (κ1) is 13.5. The maximum Gasteiger partial charge on any atom is 0.410 e. The minimum Gasteiger partial charge on any atom is -0.445 e. The molecule has 0 aromatic carbocycles. The molecule has 1 fully saturated rings. The first-order valence-corrected chi connectivity index (χ1v) is 5.57. The number of amides is 2. The number of hydrogen-bond acceptors (Lipinski definition) is 4. The molecule has 1 rings (SSSR count). The van der Waals surface area contributed by atoms with Gasteiger partial charge in [-0.1, -0.05) is 12.7 Å². The molecular weight excluding hydrogens is 222 g/mol. The molecule has 0 aliphatic carbocycles. The van der Waals surface area contributed by atoms with Crippen LogP contribution in [0, 0.1) is 0 Å². The van der Waals surface area contributed by atoms with Gasteiger partial charge in [0.15, 0.2) is 0 Å². The quantitative estimate of drug-likeness (QED) is 0.673. The Balaban J connectivity index is 2.47. The van der Waals surface area contributed by atoms with Crippen LogP contribution >= 0.6 is 0 Å². The van der Waals surface area contributed by atoms with Crippen molar-refractivity contribution in [2.75, 3.05) is 26.7 Å². The Morgan fingerprint density at radius 3 is 2.59 bits per heavy atom. The van der Waals surface area contributed by atoms with E-state index in [1.54, 1.807) is 11.9 Å². The standard InChI is InChI=1S/C11H19N3O3/c1-3-8-17-10(16)14-6-4-11(12,5-7-14)9(15)13-2/h3H,1,4-8,12H2,2H3,(H,13,15). The highest BCUT2D eigenvalue weighted by Crippen LogP contribution is 2.20. The predicted molar refractivity (Wildman–Crippen MR) is 63.3 cm³/mol. The monoisotopic (exact) mass is 241 g/mol. The van der Waals surface area contributed by atoms with Crippen LogP contribution in [-0.4, -0.2) is 49.2 Å². The molecule has 0 bridgehead atoms. The molecule has 1 saturated heterocycles. The van der Waals surface area contributed by atoms with E-state index in [9.17, 15) is 9.59 Å². The van der Waals surface area contributed by atoms with Gasteiger partial charge in [0.25, 0.3) is 0 Å². The average molecular weight is 241 g/mol. The molecule has 0 aromatic rings. The number of hydrogen-bond donors (Lipinski definition) is 2. The van der Waals surface area contributed by atoms with Crippen molar-refractivity contribution in [2.24, 2.45) is 5.73 Å². The van der Waals surface area contributed by atoms with Crippen LogP contribution in [0.25, 0.3) is 0 Å². The molecule has 0 atom stereocenters. The van der Waals surface area contributed by atoms with Crippen LogP contribution in [-0.2, 0) is 9.53 Å². The second-order valence-electron chi connectivity index (χ2n) is 4.09. The summed E-state index contributed by atoms with van der Waals surface area (Å²) in [6, 6.07) is 0. The average Bonchev–Trinajstić information content (AvgIpc) is 2.35. The molecule has 6 heteroatoms. The molecule has 1 heterocycles. The first-order valence-electron chi connectivity index (χ1n) is 5.57. The van der Waals surface area contributed by atoms with E-state index in [2.05, 4.69) is 11.9 Å². The number of nitrogens with zero attached hydrogens (tertiary/aromatic N) is 1. The van der Waals surface area contributed by atoms with Gasteiger partial charge in [0.2, 0.25) is 5.91 Å². The maximum absolute atomic E-state index is 11.6. The van der Waals surface area contributed by atoms with E-state index in [0.717, 1.165) is 0 Å². The SMILES string of the molecule is C=CCOC(=O)N1CCC(N)(C(=O)NC)CC1. The van der Waals surface area contributed by atoms with E-state index >= 15 is 0 Å². The Morgan fingerprint density at radius 1 is 1.53 bits per heavy atom. The fourth-order valence-electron chi connectivity index (χ4n) is 1.79. The second-order valence-corrected chi connectivity index (χ2v) is 4.09. The minimum atomic E-state index is -0.871. The topological polar surface area (TPSA) is 84.7 Å². The Morgan fingerprint density at radius 2 is 2.12 bits per heavy atom. The van der Waals surface area contributed by atoms with Crippen LogP contribution < -0.4 is 11.1 Å². The van der Waals surface area contributed by atoms with Gasteiger partial charge in [0, 0.05) is 20.1 Å². The second kappa shape index (κ2) is 5.67. The van der Waals surface area contributed by atoms with Crippen molar-refractivity contribution in [3.63, 3.8) is 0 Å². The first-order chi connectivity index (χ1) is 8.03. The van der Waals surface area contributed by atoms with Gasteiger partial charge < -0.3 is 20.7 Å². The van der Waals surface area contributed by atoms with Gasteiger partial charge in [-0.2, -0.15) is 0 Å². The van der Waals surface area contributed by atoms with Crippen molar-refractivity contribution >= 4 is 12.0 Å². The third kappa shape index (κ3) is 3.20. The van der Waals surface area contributed by atoms with E-state index in [1.807, 2.05) is 0 Å². The Hall–Kier alpha value is -1.56. The number of rotatable bonds is 3. The summed E-state index contributed by atoms with van der Waals surface area (Å²) in [4.78, 5) is 24.6. The van der Waals surface area contributed by atoms with Crippen molar-refractivity contribution in [2.45, 2.75) is 18.4 Å². The van der Waals surface area contributed by atoms with Crippen LogP contribution in [0.4, 0.5) is 4.79 Å².